The lowest BCUT2D eigenvalue weighted by atomic mass is 10.1. The van der Waals surface area contributed by atoms with E-state index < -0.39 is 0 Å². The highest BCUT2D eigenvalue weighted by Gasteiger charge is 2.16. The van der Waals surface area contributed by atoms with Crippen molar-refractivity contribution in [2.24, 2.45) is 0 Å². The zero-order chi connectivity index (χ0) is 14.8. The Kier molecular flexibility index (Phi) is 4.04. The number of hydrogen-bond donors (Lipinski definition) is 1. The largest absolute Gasteiger partial charge is 0.303 e. The molecule has 0 radical (unpaired) electrons. The van der Waals surface area contributed by atoms with Crippen LogP contribution in [0.1, 0.15) is 41.9 Å². The SMILES string of the molecule is Cc1c(C(C)N[C@H](C)c2cccnc2)sc2ccccc12. The summed E-state index contributed by atoms with van der Waals surface area (Å²) in [6.45, 7) is 6.65. The van der Waals surface area contributed by atoms with Gasteiger partial charge in [0.15, 0.2) is 0 Å². The molecule has 2 heterocycles. The predicted octanol–water partition coefficient (Wildman–Crippen LogP) is 5.02. The second-order valence-electron chi connectivity index (χ2n) is 5.48. The average molecular weight is 296 g/mol. The second kappa shape index (κ2) is 5.96. The number of thiophene rings is 1. The lowest BCUT2D eigenvalue weighted by Gasteiger charge is -2.20. The van der Waals surface area contributed by atoms with E-state index >= 15 is 0 Å². The van der Waals surface area contributed by atoms with Crippen molar-refractivity contribution in [3.63, 3.8) is 0 Å². The highest BCUT2D eigenvalue weighted by Crippen LogP contribution is 2.35. The van der Waals surface area contributed by atoms with Gasteiger partial charge in [0, 0.05) is 34.1 Å². The summed E-state index contributed by atoms with van der Waals surface area (Å²) in [7, 11) is 0. The first-order chi connectivity index (χ1) is 10.2. The summed E-state index contributed by atoms with van der Waals surface area (Å²) in [6, 6.07) is 13.4. The minimum atomic E-state index is 0.290. The van der Waals surface area contributed by atoms with Crippen LogP contribution in [0.5, 0.6) is 0 Å². The lowest BCUT2D eigenvalue weighted by molar-refractivity contribution is 0.498. The molecular weight excluding hydrogens is 276 g/mol. The molecule has 0 aliphatic rings. The smallest absolute Gasteiger partial charge is 0.0394 e. The number of aryl methyl sites for hydroxylation is 1. The topological polar surface area (TPSA) is 24.9 Å². The van der Waals surface area contributed by atoms with Crippen LogP contribution in [0, 0.1) is 6.92 Å². The third kappa shape index (κ3) is 2.85. The molecular formula is C18H20N2S. The fourth-order valence-corrected chi connectivity index (χ4v) is 4.01. The monoisotopic (exact) mass is 296 g/mol. The van der Waals surface area contributed by atoms with Gasteiger partial charge in [-0.05, 0) is 49.4 Å². The molecule has 2 aromatic heterocycles. The van der Waals surface area contributed by atoms with Crippen LogP contribution in [0.15, 0.2) is 48.8 Å². The standard InChI is InChI=1S/C18H20N2S/c1-12-16-8-4-5-9-17(16)21-18(12)14(3)20-13(2)15-7-6-10-19-11-15/h4-11,13-14,20H,1-3H3/t13-,14?/m1/s1. The normalized spacial score (nSPS) is 14.2. The molecule has 3 aromatic rings. The number of aromatic nitrogens is 1. The van der Waals surface area contributed by atoms with E-state index in [0.717, 1.165) is 0 Å². The molecule has 0 aliphatic heterocycles. The highest BCUT2D eigenvalue weighted by atomic mass is 32.1. The van der Waals surface area contributed by atoms with Gasteiger partial charge >= 0.3 is 0 Å². The molecule has 0 saturated heterocycles. The van der Waals surface area contributed by atoms with Crippen LogP contribution in [0.2, 0.25) is 0 Å². The van der Waals surface area contributed by atoms with Crippen LogP contribution in [-0.2, 0) is 0 Å². The molecule has 3 rings (SSSR count). The van der Waals surface area contributed by atoms with Crippen molar-refractivity contribution in [1.82, 2.24) is 10.3 Å². The second-order valence-corrected chi connectivity index (χ2v) is 6.57. The fraction of sp³-hybridized carbons (Fsp3) is 0.278. The van der Waals surface area contributed by atoms with Gasteiger partial charge in [0.05, 0.1) is 0 Å². The maximum Gasteiger partial charge on any atom is 0.0394 e. The number of nitrogens with zero attached hydrogens (tertiary/aromatic N) is 1. The van der Waals surface area contributed by atoms with Crippen LogP contribution < -0.4 is 5.32 Å². The molecule has 0 bridgehead atoms. The first kappa shape index (κ1) is 14.2. The van der Waals surface area contributed by atoms with Gasteiger partial charge in [-0.15, -0.1) is 11.3 Å². The van der Waals surface area contributed by atoms with E-state index in [2.05, 4.69) is 61.4 Å². The molecule has 1 unspecified atom stereocenters. The first-order valence-electron chi connectivity index (χ1n) is 7.31. The van der Waals surface area contributed by atoms with Gasteiger partial charge in [0.2, 0.25) is 0 Å². The van der Waals surface area contributed by atoms with Gasteiger partial charge in [-0.2, -0.15) is 0 Å². The van der Waals surface area contributed by atoms with E-state index in [1.807, 2.05) is 29.8 Å². The Morgan fingerprint density at radius 1 is 1.05 bits per heavy atom. The number of fused-ring (bicyclic) bond motifs is 1. The van der Waals surface area contributed by atoms with Crippen molar-refractivity contribution in [2.75, 3.05) is 0 Å². The van der Waals surface area contributed by atoms with E-state index in [1.54, 1.807) is 0 Å². The third-order valence-electron chi connectivity index (χ3n) is 3.96. The molecule has 108 valence electrons. The molecule has 1 aromatic carbocycles. The van der Waals surface area contributed by atoms with Gasteiger partial charge in [-0.1, -0.05) is 24.3 Å². The zero-order valence-electron chi connectivity index (χ0n) is 12.6. The molecule has 1 N–H and O–H groups in total. The molecule has 0 aliphatic carbocycles. The number of hydrogen-bond acceptors (Lipinski definition) is 3. The molecule has 0 fully saturated rings. The Morgan fingerprint density at radius 2 is 1.86 bits per heavy atom. The van der Waals surface area contributed by atoms with E-state index in [4.69, 9.17) is 0 Å². The molecule has 0 saturated carbocycles. The van der Waals surface area contributed by atoms with Crippen LogP contribution >= 0.6 is 11.3 Å². The van der Waals surface area contributed by atoms with Crippen LogP contribution in [0.25, 0.3) is 10.1 Å². The van der Waals surface area contributed by atoms with E-state index in [1.165, 1.54) is 26.1 Å². The highest BCUT2D eigenvalue weighted by molar-refractivity contribution is 7.19. The summed E-state index contributed by atoms with van der Waals surface area (Å²) in [6.07, 6.45) is 3.75. The molecule has 21 heavy (non-hydrogen) atoms. The molecule has 3 heteroatoms. The zero-order valence-corrected chi connectivity index (χ0v) is 13.4. The molecule has 0 amide bonds. The third-order valence-corrected chi connectivity index (χ3v) is 5.41. The Balaban J connectivity index is 1.84. The van der Waals surface area contributed by atoms with Gasteiger partial charge in [0.1, 0.15) is 0 Å². The van der Waals surface area contributed by atoms with Gasteiger partial charge in [0.25, 0.3) is 0 Å². The van der Waals surface area contributed by atoms with Crippen molar-refractivity contribution in [3.05, 3.63) is 64.8 Å². The summed E-state index contributed by atoms with van der Waals surface area (Å²) < 4.78 is 1.37. The van der Waals surface area contributed by atoms with Crippen molar-refractivity contribution in [3.8, 4) is 0 Å². The maximum atomic E-state index is 4.20. The predicted molar refractivity (Wildman–Crippen MR) is 90.8 cm³/mol. The van der Waals surface area contributed by atoms with Crippen molar-refractivity contribution in [1.29, 1.82) is 0 Å². The number of nitrogens with one attached hydrogen (secondary N) is 1. The quantitative estimate of drug-likeness (QED) is 0.731. The molecule has 0 spiro atoms. The summed E-state index contributed by atoms with van der Waals surface area (Å²) >= 11 is 1.89. The first-order valence-corrected chi connectivity index (χ1v) is 8.12. The Hall–Kier alpha value is -1.71. The van der Waals surface area contributed by atoms with Gasteiger partial charge in [-0.3, -0.25) is 4.98 Å². The van der Waals surface area contributed by atoms with Gasteiger partial charge in [-0.25, -0.2) is 0 Å². The number of pyridine rings is 1. The summed E-state index contributed by atoms with van der Waals surface area (Å²) in [4.78, 5) is 5.62. The molecule has 2 nitrogen and oxygen atoms in total. The summed E-state index contributed by atoms with van der Waals surface area (Å²) in [5, 5.41) is 5.06. The summed E-state index contributed by atoms with van der Waals surface area (Å²) in [5.41, 5.74) is 2.62. The summed E-state index contributed by atoms with van der Waals surface area (Å²) in [5.74, 6) is 0. The van der Waals surface area contributed by atoms with Crippen LogP contribution in [0.4, 0.5) is 0 Å². The van der Waals surface area contributed by atoms with E-state index in [9.17, 15) is 0 Å². The van der Waals surface area contributed by atoms with E-state index in [0.29, 0.717) is 12.1 Å². The number of benzene rings is 1. The Bertz CT molecular complexity index is 733. The van der Waals surface area contributed by atoms with Crippen LogP contribution in [-0.4, -0.2) is 4.98 Å². The minimum absolute atomic E-state index is 0.290. The number of rotatable bonds is 4. The van der Waals surface area contributed by atoms with Crippen molar-refractivity contribution in [2.45, 2.75) is 32.9 Å². The van der Waals surface area contributed by atoms with Crippen LogP contribution in [0.3, 0.4) is 0 Å². The van der Waals surface area contributed by atoms with Crippen molar-refractivity contribution < 1.29 is 0 Å². The molecule has 2 atom stereocenters. The fourth-order valence-electron chi connectivity index (χ4n) is 2.79. The van der Waals surface area contributed by atoms with E-state index in [-0.39, 0.29) is 0 Å². The maximum absolute atomic E-state index is 4.20. The minimum Gasteiger partial charge on any atom is -0.303 e. The Morgan fingerprint density at radius 3 is 2.57 bits per heavy atom. The average Bonchev–Trinajstić information content (AvgIpc) is 2.86. The van der Waals surface area contributed by atoms with Gasteiger partial charge < -0.3 is 5.32 Å². The Labute approximate surface area is 129 Å². The lowest BCUT2D eigenvalue weighted by Crippen LogP contribution is -2.22. The van der Waals surface area contributed by atoms with Crippen molar-refractivity contribution >= 4 is 21.4 Å².